The molecule has 0 atom stereocenters. The molecule has 1 N–H and O–H groups in total. The Balaban J connectivity index is 2.15. The highest BCUT2D eigenvalue weighted by Crippen LogP contribution is 2.26. The molecule has 0 aliphatic carbocycles. The third-order valence-corrected chi connectivity index (χ3v) is 2.35. The van der Waals surface area contributed by atoms with Crippen molar-refractivity contribution in [3.63, 3.8) is 0 Å². The molecular weight excluding hydrogens is 178 g/mol. The van der Waals surface area contributed by atoms with Gasteiger partial charge in [-0.15, -0.1) is 0 Å². The van der Waals surface area contributed by atoms with Crippen molar-refractivity contribution in [2.24, 2.45) is 0 Å². The van der Waals surface area contributed by atoms with Gasteiger partial charge in [0.2, 0.25) is 0 Å². The van der Waals surface area contributed by atoms with Gasteiger partial charge in [-0.3, -0.25) is 0 Å². The maximum Gasteiger partial charge on any atom is 0.141 e. The molecule has 76 valence electrons. The molecule has 0 saturated carbocycles. The molecule has 0 bridgehead atoms. The van der Waals surface area contributed by atoms with Gasteiger partial charge in [-0.25, -0.2) is 0 Å². The summed E-state index contributed by atoms with van der Waals surface area (Å²) in [5.41, 5.74) is 2.29. The minimum Gasteiger partial charge on any atom is -0.495 e. The van der Waals surface area contributed by atoms with E-state index in [1.807, 2.05) is 12.1 Å². The predicted octanol–water partition coefficient (Wildman–Crippen LogP) is 1.81. The molecule has 1 aliphatic rings. The maximum absolute atomic E-state index is 5.27. The van der Waals surface area contributed by atoms with Crippen LogP contribution in [0.25, 0.3) is 0 Å². The fourth-order valence-corrected chi connectivity index (χ4v) is 1.47. The van der Waals surface area contributed by atoms with Crippen molar-refractivity contribution < 1.29 is 9.47 Å². The van der Waals surface area contributed by atoms with Crippen LogP contribution in [0.4, 0.5) is 5.69 Å². The van der Waals surface area contributed by atoms with Crippen LogP contribution < -0.4 is 10.1 Å². The van der Waals surface area contributed by atoms with Crippen LogP contribution in [0, 0.1) is 6.92 Å². The highest BCUT2D eigenvalue weighted by molar-refractivity contribution is 5.58. The molecule has 0 aromatic heterocycles. The molecule has 1 fully saturated rings. The lowest BCUT2D eigenvalue weighted by Crippen LogP contribution is -2.40. The minimum atomic E-state index is 0.436. The molecule has 2 rings (SSSR count). The predicted molar refractivity (Wildman–Crippen MR) is 56.0 cm³/mol. The topological polar surface area (TPSA) is 30.5 Å². The Morgan fingerprint density at radius 1 is 1.43 bits per heavy atom. The minimum absolute atomic E-state index is 0.436. The van der Waals surface area contributed by atoms with Crippen LogP contribution in [0.3, 0.4) is 0 Å². The van der Waals surface area contributed by atoms with Crippen molar-refractivity contribution in [3.05, 3.63) is 23.8 Å². The van der Waals surface area contributed by atoms with Gasteiger partial charge in [0.05, 0.1) is 32.1 Å². The number of ether oxygens (including phenoxy) is 2. The van der Waals surface area contributed by atoms with E-state index < -0.39 is 0 Å². The van der Waals surface area contributed by atoms with E-state index in [-0.39, 0.29) is 0 Å². The third-order valence-electron chi connectivity index (χ3n) is 2.35. The van der Waals surface area contributed by atoms with Crippen molar-refractivity contribution in [3.8, 4) is 5.75 Å². The molecule has 3 nitrogen and oxygen atoms in total. The summed E-state index contributed by atoms with van der Waals surface area (Å²) in [4.78, 5) is 0. The van der Waals surface area contributed by atoms with Gasteiger partial charge in [0.25, 0.3) is 0 Å². The number of nitrogens with one attached hydrogen (secondary N) is 1. The fourth-order valence-electron chi connectivity index (χ4n) is 1.47. The van der Waals surface area contributed by atoms with Crippen molar-refractivity contribution >= 4 is 5.69 Å². The Hall–Kier alpha value is -1.22. The zero-order chi connectivity index (χ0) is 9.97. The van der Waals surface area contributed by atoms with Gasteiger partial charge in [-0.2, -0.15) is 0 Å². The van der Waals surface area contributed by atoms with E-state index in [1.54, 1.807) is 7.11 Å². The monoisotopic (exact) mass is 193 g/mol. The Kier molecular flexibility index (Phi) is 2.59. The van der Waals surface area contributed by atoms with Gasteiger partial charge in [-0.05, 0) is 24.6 Å². The molecule has 14 heavy (non-hydrogen) atoms. The van der Waals surface area contributed by atoms with Crippen LogP contribution in [-0.4, -0.2) is 26.4 Å². The standard InChI is InChI=1S/C11H15NO2/c1-8-3-4-11(13-2)10(5-8)12-9-6-14-7-9/h3-5,9,12H,6-7H2,1-2H3. The van der Waals surface area contributed by atoms with Gasteiger partial charge < -0.3 is 14.8 Å². The molecule has 0 amide bonds. The van der Waals surface area contributed by atoms with Gasteiger partial charge in [-0.1, -0.05) is 6.07 Å². The van der Waals surface area contributed by atoms with Crippen LogP contribution in [0.5, 0.6) is 5.75 Å². The molecular formula is C11H15NO2. The first-order valence-electron chi connectivity index (χ1n) is 4.78. The highest BCUT2D eigenvalue weighted by Gasteiger charge is 2.19. The van der Waals surface area contributed by atoms with Crippen LogP contribution in [-0.2, 0) is 4.74 Å². The second-order valence-electron chi connectivity index (χ2n) is 3.58. The van der Waals surface area contributed by atoms with Crippen molar-refractivity contribution in [1.29, 1.82) is 0 Å². The second kappa shape index (κ2) is 3.88. The summed E-state index contributed by atoms with van der Waals surface area (Å²) in [6.07, 6.45) is 0. The normalized spacial score (nSPS) is 16.1. The average molecular weight is 193 g/mol. The molecule has 1 heterocycles. The first-order valence-corrected chi connectivity index (χ1v) is 4.78. The van der Waals surface area contributed by atoms with Crippen LogP contribution in [0.1, 0.15) is 5.56 Å². The number of hydrogen-bond donors (Lipinski definition) is 1. The van der Waals surface area contributed by atoms with E-state index in [9.17, 15) is 0 Å². The molecule has 0 spiro atoms. The van der Waals surface area contributed by atoms with Gasteiger partial charge in [0, 0.05) is 0 Å². The number of methoxy groups -OCH3 is 1. The van der Waals surface area contributed by atoms with Crippen molar-refractivity contribution in [1.82, 2.24) is 0 Å². The first kappa shape index (κ1) is 9.34. The lowest BCUT2D eigenvalue weighted by Gasteiger charge is -2.28. The van der Waals surface area contributed by atoms with Crippen molar-refractivity contribution in [2.45, 2.75) is 13.0 Å². The molecule has 1 aliphatic heterocycles. The Morgan fingerprint density at radius 3 is 2.79 bits per heavy atom. The molecule has 0 radical (unpaired) electrons. The van der Waals surface area contributed by atoms with Crippen molar-refractivity contribution in [2.75, 3.05) is 25.6 Å². The van der Waals surface area contributed by atoms with E-state index in [0.29, 0.717) is 6.04 Å². The Morgan fingerprint density at radius 2 is 2.21 bits per heavy atom. The van der Waals surface area contributed by atoms with E-state index >= 15 is 0 Å². The largest absolute Gasteiger partial charge is 0.495 e. The smallest absolute Gasteiger partial charge is 0.141 e. The fraction of sp³-hybridized carbons (Fsp3) is 0.455. The summed E-state index contributed by atoms with van der Waals surface area (Å²) < 4.78 is 10.4. The number of aryl methyl sites for hydroxylation is 1. The summed E-state index contributed by atoms with van der Waals surface area (Å²) in [7, 11) is 1.69. The quantitative estimate of drug-likeness (QED) is 0.794. The van der Waals surface area contributed by atoms with Crippen LogP contribution >= 0.6 is 0 Å². The summed E-state index contributed by atoms with van der Waals surface area (Å²) in [6, 6.07) is 6.56. The van der Waals surface area contributed by atoms with E-state index in [1.165, 1.54) is 5.56 Å². The first-order chi connectivity index (χ1) is 6.79. The van der Waals surface area contributed by atoms with Crippen LogP contribution in [0.2, 0.25) is 0 Å². The zero-order valence-corrected chi connectivity index (χ0v) is 8.54. The molecule has 1 aromatic rings. The lowest BCUT2D eigenvalue weighted by atomic mass is 10.1. The second-order valence-corrected chi connectivity index (χ2v) is 3.58. The summed E-state index contributed by atoms with van der Waals surface area (Å²) in [5.74, 6) is 0.891. The van der Waals surface area contributed by atoms with Gasteiger partial charge in [0.1, 0.15) is 5.75 Å². The van der Waals surface area contributed by atoms with E-state index in [0.717, 1.165) is 24.7 Å². The molecule has 1 saturated heterocycles. The Bertz CT molecular complexity index is 321. The third kappa shape index (κ3) is 1.82. The van der Waals surface area contributed by atoms with E-state index in [4.69, 9.17) is 9.47 Å². The number of benzene rings is 1. The number of anilines is 1. The van der Waals surface area contributed by atoms with Crippen LogP contribution in [0.15, 0.2) is 18.2 Å². The Labute approximate surface area is 84.0 Å². The van der Waals surface area contributed by atoms with E-state index in [2.05, 4.69) is 18.3 Å². The zero-order valence-electron chi connectivity index (χ0n) is 8.54. The SMILES string of the molecule is COc1ccc(C)cc1NC1COC1. The van der Waals surface area contributed by atoms with Gasteiger partial charge >= 0.3 is 0 Å². The average Bonchev–Trinajstić information content (AvgIpc) is 2.12. The summed E-state index contributed by atoms with van der Waals surface area (Å²) in [6.45, 7) is 3.65. The lowest BCUT2D eigenvalue weighted by molar-refractivity contribution is 0.0210. The summed E-state index contributed by atoms with van der Waals surface area (Å²) >= 11 is 0. The molecule has 1 aromatic carbocycles. The molecule has 3 heteroatoms. The number of hydrogen-bond acceptors (Lipinski definition) is 3. The highest BCUT2D eigenvalue weighted by atomic mass is 16.5. The maximum atomic E-state index is 5.27. The number of rotatable bonds is 3. The summed E-state index contributed by atoms with van der Waals surface area (Å²) in [5, 5.41) is 3.39. The molecule has 0 unspecified atom stereocenters. The van der Waals surface area contributed by atoms with Gasteiger partial charge in [0.15, 0.2) is 0 Å².